The predicted octanol–water partition coefficient (Wildman–Crippen LogP) is 2.40. The van der Waals surface area contributed by atoms with Crippen LogP contribution in [0.2, 0.25) is 0 Å². The Hall–Kier alpha value is -1.48. The molecular weight excluding hydrogens is 224 g/mol. The Bertz CT molecular complexity index is 518. The van der Waals surface area contributed by atoms with Crippen LogP contribution in [0.15, 0.2) is 39.9 Å². The Kier molecular flexibility index (Phi) is 3.15. The molecular formula is C12H13ClN2O. The molecule has 2 heterocycles. The van der Waals surface area contributed by atoms with Gasteiger partial charge in [0.25, 0.3) is 0 Å². The zero-order valence-electron chi connectivity index (χ0n) is 8.77. The summed E-state index contributed by atoms with van der Waals surface area (Å²) in [6, 6.07) is 8.15. The molecule has 4 heteroatoms. The van der Waals surface area contributed by atoms with Gasteiger partial charge in [0, 0.05) is 18.4 Å². The number of nitrogens with zero attached hydrogens (tertiary/aromatic N) is 1. The normalized spacial score (nSPS) is 14.4. The van der Waals surface area contributed by atoms with Gasteiger partial charge in [-0.15, -0.1) is 12.4 Å². The minimum atomic E-state index is 0. The van der Waals surface area contributed by atoms with Crippen LogP contribution in [0.3, 0.4) is 0 Å². The highest BCUT2D eigenvalue weighted by Crippen LogP contribution is 2.20. The van der Waals surface area contributed by atoms with Crippen LogP contribution in [-0.4, -0.2) is 18.9 Å². The van der Waals surface area contributed by atoms with E-state index < -0.39 is 0 Å². The topological polar surface area (TPSA) is 37.5 Å². The van der Waals surface area contributed by atoms with Crippen molar-refractivity contribution in [2.75, 3.05) is 13.1 Å². The molecule has 1 N–H and O–H groups in total. The smallest absolute Gasteiger partial charge is 0.134 e. The first kappa shape index (κ1) is 11.0. The molecule has 3 rings (SSSR count). The fourth-order valence-corrected chi connectivity index (χ4v) is 1.96. The summed E-state index contributed by atoms with van der Waals surface area (Å²) in [5.74, 6) is 1.09. The van der Waals surface area contributed by atoms with Crippen LogP contribution in [0, 0.1) is 0 Å². The Balaban J connectivity index is 0.000000963. The number of fused-ring (bicyclic) bond motifs is 1. The fourth-order valence-electron chi connectivity index (χ4n) is 1.96. The van der Waals surface area contributed by atoms with Crippen molar-refractivity contribution in [3.8, 4) is 0 Å². The van der Waals surface area contributed by atoms with E-state index in [4.69, 9.17) is 4.42 Å². The maximum absolute atomic E-state index is 5.36. The molecule has 0 unspecified atom stereocenters. The maximum atomic E-state index is 5.36. The third kappa shape index (κ3) is 1.91. The van der Waals surface area contributed by atoms with E-state index in [0.29, 0.717) is 0 Å². The number of amidine groups is 1. The van der Waals surface area contributed by atoms with Gasteiger partial charge in [-0.1, -0.05) is 12.1 Å². The highest BCUT2D eigenvalue weighted by molar-refractivity contribution is 5.91. The summed E-state index contributed by atoms with van der Waals surface area (Å²) in [6.45, 7) is 1.87. The van der Waals surface area contributed by atoms with Crippen molar-refractivity contribution < 1.29 is 4.42 Å². The van der Waals surface area contributed by atoms with Gasteiger partial charge in [-0.2, -0.15) is 0 Å². The molecule has 0 amide bonds. The van der Waals surface area contributed by atoms with Crippen molar-refractivity contribution >= 4 is 29.2 Å². The Labute approximate surface area is 100.0 Å². The van der Waals surface area contributed by atoms with Crippen LogP contribution in [0.25, 0.3) is 11.0 Å². The number of aliphatic imine (C=N–C) groups is 1. The molecule has 0 radical (unpaired) electrons. The first-order valence-electron chi connectivity index (χ1n) is 5.16. The van der Waals surface area contributed by atoms with E-state index in [0.717, 1.165) is 30.9 Å². The number of benzene rings is 1. The van der Waals surface area contributed by atoms with E-state index in [1.807, 2.05) is 18.2 Å². The van der Waals surface area contributed by atoms with Crippen molar-refractivity contribution in [3.63, 3.8) is 0 Å². The van der Waals surface area contributed by atoms with E-state index in [2.05, 4.69) is 16.4 Å². The first-order chi connectivity index (χ1) is 7.43. The summed E-state index contributed by atoms with van der Waals surface area (Å²) in [7, 11) is 0. The molecule has 1 aliphatic rings. The van der Waals surface area contributed by atoms with Gasteiger partial charge in [-0.3, -0.25) is 4.99 Å². The zero-order valence-corrected chi connectivity index (χ0v) is 9.59. The van der Waals surface area contributed by atoms with Gasteiger partial charge in [0.05, 0.1) is 12.8 Å². The van der Waals surface area contributed by atoms with E-state index >= 15 is 0 Å². The van der Waals surface area contributed by atoms with Crippen LogP contribution in [0.5, 0.6) is 0 Å². The Morgan fingerprint density at radius 2 is 2.25 bits per heavy atom. The maximum Gasteiger partial charge on any atom is 0.134 e. The molecule has 1 aromatic heterocycles. The Morgan fingerprint density at radius 1 is 1.31 bits per heavy atom. The molecule has 1 aromatic carbocycles. The molecule has 3 nitrogen and oxygen atoms in total. The van der Waals surface area contributed by atoms with Gasteiger partial charge in [0.2, 0.25) is 0 Å². The monoisotopic (exact) mass is 236 g/mol. The van der Waals surface area contributed by atoms with Crippen LogP contribution in [0.4, 0.5) is 0 Å². The van der Waals surface area contributed by atoms with E-state index in [1.165, 1.54) is 10.9 Å². The summed E-state index contributed by atoms with van der Waals surface area (Å²) in [4.78, 5) is 4.40. The number of rotatable bonds is 2. The lowest BCUT2D eigenvalue weighted by Gasteiger charge is -2.03. The molecule has 0 atom stereocenters. The second kappa shape index (κ2) is 4.58. The second-order valence-corrected chi connectivity index (χ2v) is 3.68. The van der Waals surface area contributed by atoms with Gasteiger partial charge in [-0.25, -0.2) is 0 Å². The summed E-state index contributed by atoms with van der Waals surface area (Å²) >= 11 is 0. The van der Waals surface area contributed by atoms with Gasteiger partial charge >= 0.3 is 0 Å². The SMILES string of the molecule is Cl.c1cc(CC2=NCCN2)c2ccoc2c1. The van der Waals surface area contributed by atoms with Gasteiger partial charge in [0.15, 0.2) is 0 Å². The standard InChI is InChI=1S/C12H12N2O.ClH/c1-2-9(8-12-13-5-6-14-12)10-4-7-15-11(10)3-1;/h1-4,7H,5-6,8H2,(H,13,14);1H. The third-order valence-electron chi connectivity index (χ3n) is 2.69. The second-order valence-electron chi connectivity index (χ2n) is 3.68. The predicted molar refractivity (Wildman–Crippen MR) is 67.5 cm³/mol. The van der Waals surface area contributed by atoms with E-state index in [1.54, 1.807) is 6.26 Å². The number of hydrogen-bond donors (Lipinski definition) is 1. The number of nitrogens with one attached hydrogen (secondary N) is 1. The van der Waals surface area contributed by atoms with Gasteiger partial charge < -0.3 is 9.73 Å². The number of hydrogen-bond acceptors (Lipinski definition) is 3. The highest BCUT2D eigenvalue weighted by Gasteiger charge is 2.09. The Morgan fingerprint density at radius 3 is 3.06 bits per heavy atom. The zero-order chi connectivity index (χ0) is 10.1. The van der Waals surface area contributed by atoms with E-state index in [-0.39, 0.29) is 12.4 Å². The van der Waals surface area contributed by atoms with Crippen molar-refractivity contribution in [2.24, 2.45) is 4.99 Å². The van der Waals surface area contributed by atoms with Gasteiger partial charge in [-0.05, 0) is 17.7 Å². The van der Waals surface area contributed by atoms with Crippen LogP contribution in [-0.2, 0) is 6.42 Å². The molecule has 2 aromatic rings. The summed E-state index contributed by atoms with van der Waals surface area (Å²) in [6.07, 6.45) is 2.61. The first-order valence-corrected chi connectivity index (χ1v) is 5.16. The molecule has 84 valence electrons. The molecule has 0 spiro atoms. The van der Waals surface area contributed by atoms with E-state index in [9.17, 15) is 0 Å². The lowest BCUT2D eigenvalue weighted by molar-refractivity contribution is 0.616. The van der Waals surface area contributed by atoms with Crippen LogP contribution < -0.4 is 5.32 Å². The van der Waals surface area contributed by atoms with Crippen molar-refractivity contribution in [1.29, 1.82) is 0 Å². The molecule has 0 aliphatic carbocycles. The average Bonchev–Trinajstić information content (AvgIpc) is 2.87. The molecule has 0 bridgehead atoms. The molecule has 0 saturated carbocycles. The quantitative estimate of drug-likeness (QED) is 0.870. The minimum Gasteiger partial charge on any atom is -0.464 e. The largest absolute Gasteiger partial charge is 0.464 e. The third-order valence-corrected chi connectivity index (χ3v) is 2.69. The average molecular weight is 237 g/mol. The highest BCUT2D eigenvalue weighted by atomic mass is 35.5. The van der Waals surface area contributed by atoms with Crippen molar-refractivity contribution in [2.45, 2.75) is 6.42 Å². The summed E-state index contributed by atoms with van der Waals surface area (Å²) < 4.78 is 5.36. The van der Waals surface area contributed by atoms with Crippen LogP contribution in [0.1, 0.15) is 5.56 Å². The summed E-state index contributed by atoms with van der Waals surface area (Å²) in [5, 5.41) is 4.47. The number of halogens is 1. The molecule has 1 aliphatic heterocycles. The lowest BCUT2D eigenvalue weighted by Crippen LogP contribution is -2.20. The fraction of sp³-hybridized carbons (Fsp3) is 0.250. The van der Waals surface area contributed by atoms with Crippen molar-refractivity contribution in [1.82, 2.24) is 5.32 Å². The molecule has 0 fully saturated rings. The molecule has 0 saturated heterocycles. The lowest BCUT2D eigenvalue weighted by atomic mass is 10.1. The van der Waals surface area contributed by atoms with Crippen molar-refractivity contribution in [3.05, 3.63) is 36.1 Å². The summed E-state index contributed by atoms with van der Waals surface area (Å²) in [5.41, 5.74) is 2.22. The van der Waals surface area contributed by atoms with Crippen LogP contribution >= 0.6 is 12.4 Å². The molecule has 16 heavy (non-hydrogen) atoms. The van der Waals surface area contributed by atoms with Gasteiger partial charge in [0.1, 0.15) is 11.4 Å². The number of furan rings is 1. The minimum absolute atomic E-state index is 0.